The maximum atomic E-state index is 12.4. The second-order valence-electron chi connectivity index (χ2n) is 7.44. The van der Waals surface area contributed by atoms with Crippen molar-refractivity contribution in [3.05, 3.63) is 18.2 Å². The standard InChI is InChI=1S/C19H26N4O2S2/c1-5-25-13-6-7-14-15(10-13)27-17(20-14)21-16(24)8-9-23-12(2)11-19(3,4)22-18(23)26/h6-7,10,12H,5,8-9,11H2,1-4H3,(H,22,26)(H,20,21,24). The molecule has 2 N–H and O–H groups in total. The second-order valence-corrected chi connectivity index (χ2v) is 8.86. The summed E-state index contributed by atoms with van der Waals surface area (Å²) < 4.78 is 6.51. The Morgan fingerprint density at radius 3 is 3.00 bits per heavy atom. The Labute approximate surface area is 169 Å². The molecule has 6 nitrogen and oxygen atoms in total. The zero-order chi connectivity index (χ0) is 19.6. The fourth-order valence-corrected chi connectivity index (χ4v) is 4.86. The Morgan fingerprint density at radius 1 is 1.52 bits per heavy atom. The van der Waals surface area contributed by atoms with Gasteiger partial charge in [0.05, 0.1) is 16.8 Å². The van der Waals surface area contributed by atoms with Crippen molar-refractivity contribution in [1.29, 1.82) is 0 Å². The van der Waals surface area contributed by atoms with E-state index in [9.17, 15) is 4.79 Å². The summed E-state index contributed by atoms with van der Waals surface area (Å²) in [6, 6.07) is 6.06. The highest BCUT2D eigenvalue weighted by molar-refractivity contribution is 7.80. The van der Waals surface area contributed by atoms with E-state index in [2.05, 4.69) is 41.3 Å². The lowest BCUT2D eigenvalue weighted by molar-refractivity contribution is -0.116. The van der Waals surface area contributed by atoms with Crippen LogP contribution < -0.4 is 15.4 Å². The molecule has 1 saturated heterocycles. The molecule has 1 fully saturated rings. The van der Waals surface area contributed by atoms with Crippen LogP contribution in [-0.4, -0.2) is 45.6 Å². The lowest BCUT2D eigenvalue weighted by atomic mass is 9.93. The molecule has 1 atom stereocenters. The average molecular weight is 407 g/mol. The van der Waals surface area contributed by atoms with Gasteiger partial charge in [0.15, 0.2) is 10.2 Å². The van der Waals surface area contributed by atoms with Crippen LogP contribution in [0, 0.1) is 0 Å². The van der Waals surface area contributed by atoms with E-state index in [1.165, 1.54) is 11.3 Å². The number of aromatic nitrogens is 1. The number of amides is 1. The number of rotatable bonds is 6. The Bertz CT molecular complexity index is 849. The molecule has 2 aromatic rings. The van der Waals surface area contributed by atoms with Crippen LogP contribution in [0.2, 0.25) is 0 Å². The summed E-state index contributed by atoms with van der Waals surface area (Å²) >= 11 is 6.93. The minimum Gasteiger partial charge on any atom is -0.494 e. The molecular formula is C19H26N4O2S2. The Hall–Kier alpha value is -1.93. The van der Waals surface area contributed by atoms with E-state index in [4.69, 9.17) is 17.0 Å². The van der Waals surface area contributed by atoms with E-state index >= 15 is 0 Å². The third-order valence-corrected chi connectivity index (χ3v) is 5.81. The van der Waals surface area contributed by atoms with Crippen LogP contribution in [0.5, 0.6) is 5.75 Å². The van der Waals surface area contributed by atoms with E-state index in [1.54, 1.807) is 0 Å². The van der Waals surface area contributed by atoms with Gasteiger partial charge in [0.2, 0.25) is 5.91 Å². The third kappa shape index (κ3) is 4.87. The van der Waals surface area contributed by atoms with Crippen molar-refractivity contribution in [3.63, 3.8) is 0 Å². The number of hydrogen-bond acceptors (Lipinski definition) is 5. The van der Waals surface area contributed by atoms with Crippen LogP contribution in [-0.2, 0) is 4.79 Å². The highest BCUT2D eigenvalue weighted by atomic mass is 32.1. The summed E-state index contributed by atoms with van der Waals surface area (Å²) in [4.78, 5) is 18.9. The van der Waals surface area contributed by atoms with E-state index in [1.807, 2.05) is 25.1 Å². The molecule has 1 aliphatic heterocycles. The maximum Gasteiger partial charge on any atom is 0.227 e. The van der Waals surface area contributed by atoms with Crippen molar-refractivity contribution in [1.82, 2.24) is 15.2 Å². The summed E-state index contributed by atoms with van der Waals surface area (Å²) in [6.07, 6.45) is 1.35. The normalized spacial score (nSPS) is 19.0. The molecule has 0 radical (unpaired) electrons. The minimum absolute atomic E-state index is 0.00337. The number of nitrogens with one attached hydrogen (secondary N) is 2. The van der Waals surface area contributed by atoms with E-state index < -0.39 is 0 Å². The summed E-state index contributed by atoms with van der Waals surface area (Å²) in [5.41, 5.74) is 0.854. The van der Waals surface area contributed by atoms with Crippen molar-refractivity contribution in [2.75, 3.05) is 18.5 Å². The fraction of sp³-hybridized carbons (Fsp3) is 0.526. The molecule has 0 spiro atoms. The molecule has 1 aliphatic rings. The SMILES string of the molecule is CCOc1ccc2nc(NC(=O)CCN3C(=S)NC(C)(C)CC3C)sc2c1. The lowest BCUT2D eigenvalue weighted by Gasteiger charge is -2.44. The molecule has 8 heteroatoms. The van der Waals surface area contributed by atoms with Crippen molar-refractivity contribution in [2.24, 2.45) is 0 Å². The molecule has 146 valence electrons. The minimum atomic E-state index is -0.0566. The van der Waals surface area contributed by atoms with Crippen molar-refractivity contribution in [2.45, 2.75) is 52.1 Å². The van der Waals surface area contributed by atoms with Gasteiger partial charge >= 0.3 is 0 Å². The maximum absolute atomic E-state index is 12.4. The van der Waals surface area contributed by atoms with Crippen LogP contribution >= 0.6 is 23.6 Å². The zero-order valence-corrected chi connectivity index (χ0v) is 17.8. The number of benzene rings is 1. The largest absolute Gasteiger partial charge is 0.494 e. The number of carbonyl (C=O) groups excluding carboxylic acids is 1. The number of thiocarbonyl (C=S) groups is 1. The first kappa shape index (κ1) is 19.8. The first-order chi connectivity index (χ1) is 12.8. The van der Waals surface area contributed by atoms with Gasteiger partial charge in [-0.3, -0.25) is 4.79 Å². The molecule has 0 saturated carbocycles. The molecule has 0 aliphatic carbocycles. The first-order valence-electron chi connectivity index (χ1n) is 9.19. The van der Waals surface area contributed by atoms with Gasteiger partial charge in [-0.1, -0.05) is 11.3 Å². The van der Waals surface area contributed by atoms with Gasteiger partial charge < -0.3 is 20.3 Å². The highest BCUT2D eigenvalue weighted by Crippen LogP contribution is 2.29. The number of ether oxygens (including phenoxy) is 1. The molecule has 2 heterocycles. The van der Waals surface area contributed by atoms with Gasteiger partial charge in [0.1, 0.15) is 5.75 Å². The Morgan fingerprint density at radius 2 is 2.30 bits per heavy atom. The van der Waals surface area contributed by atoms with Gasteiger partial charge in [0.25, 0.3) is 0 Å². The summed E-state index contributed by atoms with van der Waals surface area (Å²) in [5, 5.41) is 7.58. The first-order valence-corrected chi connectivity index (χ1v) is 10.4. The molecule has 0 bridgehead atoms. The Balaban J connectivity index is 1.58. The Kier molecular flexibility index (Phi) is 5.86. The predicted molar refractivity (Wildman–Crippen MR) is 115 cm³/mol. The van der Waals surface area contributed by atoms with Crippen LogP contribution in [0.1, 0.15) is 40.5 Å². The summed E-state index contributed by atoms with van der Waals surface area (Å²) in [7, 11) is 0. The summed E-state index contributed by atoms with van der Waals surface area (Å²) in [6.45, 7) is 9.60. The van der Waals surface area contributed by atoms with Gasteiger partial charge in [-0.05, 0) is 64.5 Å². The molecule has 1 aromatic heterocycles. The highest BCUT2D eigenvalue weighted by Gasteiger charge is 2.33. The van der Waals surface area contributed by atoms with Crippen LogP contribution in [0.3, 0.4) is 0 Å². The van der Waals surface area contributed by atoms with Gasteiger partial charge in [-0.25, -0.2) is 4.98 Å². The fourth-order valence-electron chi connectivity index (χ4n) is 3.40. The van der Waals surface area contributed by atoms with Crippen LogP contribution in [0.4, 0.5) is 5.13 Å². The monoisotopic (exact) mass is 406 g/mol. The van der Waals surface area contributed by atoms with Crippen LogP contribution in [0.25, 0.3) is 10.2 Å². The smallest absolute Gasteiger partial charge is 0.227 e. The quantitative estimate of drug-likeness (QED) is 0.712. The van der Waals surface area contributed by atoms with E-state index in [0.29, 0.717) is 30.7 Å². The van der Waals surface area contributed by atoms with Crippen LogP contribution in [0.15, 0.2) is 18.2 Å². The van der Waals surface area contributed by atoms with Gasteiger partial charge in [-0.15, -0.1) is 0 Å². The van der Waals surface area contributed by atoms with Gasteiger partial charge in [-0.2, -0.15) is 0 Å². The zero-order valence-electron chi connectivity index (χ0n) is 16.2. The van der Waals surface area contributed by atoms with Crippen molar-refractivity contribution >= 4 is 49.9 Å². The molecular weight excluding hydrogens is 380 g/mol. The number of hydrogen-bond donors (Lipinski definition) is 2. The second kappa shape index (κ2) is 7.98. The topological polar surface area (TPSA) is 66.5 Å². The van der Waals surface area contributed by atoms with Gasteiger partial charge in [0, 0.05) is 24.5 Å². The molecule has 1 unspecified atom stereocenters. The molecule has 3 rings (SSSR count). The van der Waals surface area contributed by atoms with Crippen molar-refractivity contribution < 1.29 is 9.53 Å². The van der Waals surface area contributed by atoms with Crippen molar-refractivity contribution in [3.8, 4) is 5.75 Å². The number of anilines is 1. The number of carbonyl (C=O) groups is 1. The van der Waals surface area contributed by atoms with E-state index in [0.717, 1.165) is 27.5 Å². The number of fused-ring (bicyclic) bond motifs is 1. The lowest BCUT2D eigenvalue weighted by Crippen LogP contribution is -2.60. The third-order valence-electron chi connectivity index (χ3n) is 4.54. The average Bonchev–Trinajstić information content (AvgIpc) is 2.94. The van der Waals surface area contributed by atoms with E-state index in [-0.39, 0.29) is 11.4 Å². The number of thiazole rings is 1. The number of nitrogens with zero attached hydrogens (tertiary/aromatic N) is 2. The summed E-state index contributed by atoms with van der Waals surface area (Å²) in [5.74, 6) is 0.758. The predicted octanol–water partition coefficient (Wildman–Crippen LogP) is 3.77. The molecule has 1 aromatic carbocycles. The molecule has 1 amide bonds. The molecule has 27 heavy (non-hydrogen) atoms.